The van der Waals surface area contributed by atoms with Gasteiger partial charge in [0.15, 0.2) is 9.84 Å². The van der Waals surface area contributed by atoms with E-state index in [0.29, 0.717) is 10.7 Å². The number of amides is 1. The van der Waals surface area contributed by atoms with Crippen molar-refractivity contribution in [3.8, 4) is 0 Å². The van der Waals surface area contributed by atoms with Crippen molar-refractivity contribution in [2.45, 2.75) is 24.2 Å². The molecule has 0 saturated heterocycles. The Bertz CT molecular complexity index is 911. The maximum atomic E-state index is 12.3. The van der Waals surface area contributed by atoms with E-state index in [-0.39, 0.29) is 23.0 Å². The van der Waals surface area contributed by atoms with Crippen LogP contribution in [0.15, 0.2) is 47.4 Å². The molecule has 1 N–H and O–H groups in total. The van der Waals surface area contributed by atoms with Crippen molar-refractivity contribution in [3.05, 3.63) is 53.1 Å². The van der Waals surface area contributed by atoms with Gasteiger partial charge in [-0.25, -0.2) is 8.42 Å². The third-order valence-corrected chi connectivity index (χ3v) is 6.47. The molecule has 0 atom stereocenters. The summed E-state index contributed by atoms with van der Waals surface area (Å²) in [6, 6.07) is 11.8. The van der Waals surface area contributed by atoms with Gasteiger partial charge >= 0.3 is 0 Å². The molecule has 2 aromatic carbocycles. The molecular formula is C19H21ClN2O3S. The van der Waals surface area contributed by atoms with Crippen LogP contribution in [0.25, 0.3) is 0 Å². The number of halogens is 1. The Kier molecular flexibility index (Phi) is 5.53. The number of carbonyl (C=O) groups excluding carboxylic acids is 1. The highest BCUT2D eigenvalue weighted by Gasteiger charge is 2.18. The SMILES string of the molecule is CN1CCCc2ccc(NC(=O)CCS(=O)(=O)c3ccc(Cl)cc3)cc21. The molecule has 3 rings (SSSR count). The second-order valence-corrected chi connectivity index (χ2v) is 8.99. The monoisotopic (exact) mass is 392 g/mol. The second kappa shape index (κ2) is 7.68. The van der Waals surface area contributed by atoms with Gasteiger partial charge < -0.3 is 10.2 Å². The lowest BCUT2D eigenvalue weighted by atomic mass is 10.0. The highest BCUT2D eigenvalue weighted by molar-refractivity contribution is 7.91. The molecule has 7 heteroatoms. The predicted octanol–water partition coefficient (Wildman–Crippen LogP) is 3.52. The number of nitrogens with one attached hydrogen (secondary N) is 1. The van der Waals surface area contributed by atoms with Gasteiger partial charge in [-0.2, -0.15) is 0 Å². The molecule has 138 valence electrons. The average Bonchev–Trinajstić information content (AvgIpc) is 2.61. The van der Waals surface area contributed by atoms with Crippen LogP contribution >= 0.6 is 11.6 Å². The first kappa shape index (κ1) is 18.7. The van der Waals surface area contributed by atoms with E-state index in [9.17, 15) is 13.2 Å². The molecule has 26 heavy (non-hydrogen) atoms. The van der Waals surface area contributed by atoms with Crippen LogP contribution in [0.3, 0.4) is 0 Å². The van der Waals surface area contributed by atoms with E-state index in [1.807, 2.05) is 25.2 Å². The maximum absolute atomic E-state index is 12.3. The Morgan fingerprint density at radius 1 is 1.19 bits per heavy atom. The third-order valence-electron chi connectivity index (χ3n) is 4.49. The van der Waals surface area contributed by atoms with Gasteiger partial charge in [0.2, 0.25) is 5.91 Å². The van der Waals surface area contributed by atoms with Gasteiger partial charge in [0, 0.05) is 36.4 Å². The van der Waals surface area contributed by atoms with Crippen LogP contribution in [0.5, 0.6) is 0 Å². The first-order chi connectivity index (χ1) is 12.3. The number of hydrogen-bond donors (Lipinski definition) is 1. The van der Waals surface area contributed by atoms with Crippen LogP contribution in [-0.2, 0) is 21.1 Å². The Hall–Kier alpha value is -2.05. The molecular weight excluding hydrogens is 372 g/mol. The Balaban J connectivity index is 1.62. The number of nitrogens with zero attached hydrogens (tertiary/aromatic N) is 1. The van der Waals surface area contributed by atoms with E-state index < -0.39 is 9.84 Å². The fourth-order valence-electron chi connectivity index (χ4n) is 3.05. The zero-order chi connectivity index (χ0) is 18.7. The highest BCUT2D eigenvalue weighted by Crippen LogP contribution is 2.29. The lowest BCUT2D eigenvalue weighted by Gasteiger charge is -2.28. The quantitative estimate of drug-likeness (QED) is 0.845. The summed E-state index contributed by atoms with van der Waals surface area (Å²) in [6.45, 7) is 0.990. The normalized spacial score (nSPS) is 14.0. The first-order valence-electron chi connectivity index (χ1n) is 8.47. The largest absolute Gasteiger partial charge is 0.374 e. The predicted molar refractivity (Wildman–Crippen MR) is 105 cm³/mol. The molecule has 0 unspecified atom stereocenters. The molecule has 0 spiro atoms. The average molecular weight is 393 g/mol. The molecule has 0 saturated carbocycles. The van der Waals surface area contributed by atoms with E-state index in [0.717, 1.165) is 25.1 Å². The Morgan fingerprint density at radius 3 is 2.65 bits per heavy atom. The third kappa shape index (κ3) is 4.37. The minimum atomic E-state index is -3.52. The topological polar surface area (TPSA) is 66.5 Å². The van der Waals surface area contributed by atoms with Gasteiger partial charge in [0.1, 0.15) is 0 Å². The van der Waals surface area contributed by atoms with Crippen molar-refractivity contribution in [1.29, 1.82) is 0 Å². The number of hydrogen-bond acceptors (Lipinski definition) is 4. The van der Waals surface area contributed by atoms with Crippen LogP contribution in [0.4, 0.5) is 11.4 Å². The van der Waals surface area contributed by atoms with Crippen molar-refractivity contribution in [1.82, 2.24) is 0 Å². The number of anilines is 2. The molecule has 1 amide bonds. The molecule has 0 fully saturated rings. The van der Waals surface area contributed by atoms with Gasteiger partial charge in [-0.1, -0.05) is 17.7 Å². The fraction of sp³-hybridized carbons (Fsp3) is 0.316. The fourth-order valence-corrected chi connectivity index (χ4v) is 4.41. The molecule has 0 bridgehead atoms. The summed E-state index contributed by atoms with van der Waals surface area (Å²) < 4.78 is 24.6. The summed E-state index contributed by atoms with van der Waals surface area (Å²) in [7, 11) is -1.49. The number of aryl methyl sites for hydroxylation is 1. The Morgan fingerprint density at radius 2 is 1.92 bits per heavy atom. The standard InChI is InChI=1S/C19H21ClN2O3S/c1-22-11-2-3-14-4-7-16(13-18(14)22)21-19(23)10-12-26(24,25)17-8-5-15(20)6-9-17/h4-9,13H,2-3,10-12H2,1H3,(H,21,23). The number of rotatable bonds is 5. The van der Waals surface area contributed by atoms with E-state index in [2.05, 4.69) is 10.2 Å². The summed E-state index contributed by atoms with van der Waals surface area (Å²) in [5.41, 5.74) is 3.07. The summed E-state index contributed by atoms with van der Waals surface area (Å²) in [5, 5.41) is 3.27. The lowest BCUT2D eigenvalue weighted by Crippen LogP contribution is -2.25. The summed E-state index contributed by atoms with van der Waals surface area (Å²) in [4.78, 5) is 14.5. The molecule has 5 nitrogen and oxygen atoms in total. The van der Waals surface area contributed by atoms with Gasteiger partial charge in [-0.3, -0.25) is 4.79 Å². The summed E-state index contributed by atoms with van der Waals surface area (Å²) in [5.74, 6) is -0.563. The Labute approximate surface area is 158 Å². The molecule has 0 aromatic heterocycles. The zero-order valence-electron chi connectivity index (χ0n) is 14.5. The van der Waals surface area contributed by atoms with Crippen molar-refractivity contribution < 1.29 is 13.2 Å². The second-order valence-electron chi connectivity index (χ2n) is 6.44. The van der Waals surface area contributed by atoms with Crippen LogP contribution in [0.1, 0.15) is 18.4 Å². The van der Waals surface area contributed by atoms with Crippen LogP contribution < -0.4 is 10.2 Å². The van der Waals surface area contributed by atoms with E-state index in [1.54, 1.807) is 0 Å². The van der Waals surface area contributed by atoms with Gasteiger partial charge in [0.25, 0.3) is 0 Å². The molecule has 0 radical (unpaired) electrons. The summed E-state index contributed by atoms with van der Waals surface area (Å²) >= 11 is 5.78. The minimum absolute atomic E-state index is 0.0993. The van der Waals surface area contributed by atoms with Crippen LogP contribution in [0.2, 0.25) is 5.02 Å². The van der Waals surface area contributed by atoms with Crippen LogP contribution in [0, 0.1) is 0 Å². The smallest absolute Gasteiger partial charge is 0.225 e. The molecule has 1 aliphatic rings. The summed E-state index contributed by atoms with van der Waals surface area (Å²) in [6.07, 6.45) is 2.06. The molecule has 1 heterocycles. The van der Waals surface area contributed by atoms with E-state index in [1.165, 1.54) is 29.8 Å². The highest BCUT2D eigenvalue weighted by atomic mass is 35.5. The number of sulfone groups is 1. The van der Waals surface area contributed by atoms with Crippen molar-refractivity contribution in [2.24, 2.45) is 0 Å². The van der Waals surface area contributed by atoms with Gasteiger partial charge in [-0.05, 0) is 54.8 Å². The van der Waals surface area contributed by atoms with Crippen molar-refractivity contribution >= 4 is 38.7 Å². The number of carbonyl (C=O) groups is 1. The van der Waals surface area contributed by atoms with E-state index >= 15 is 0 Å². The number of fused-ring (bicyclic) bond motifs is 1. The molecule has 1 aliphatic heterocycles. The maximum Gasteiger partial charge on any atom is 0.225 e. The molecule has 0 aliphatic carbocycles. The first-order valence-corrected chi connectivity index (χ1v) is 10.5. The van der Waals surface area contributed by atoms with Gasteiger partial charge in [-0.15, -0.1) is 0 Å². The number of benzene rings is 2. The minimum Gasteiger partial charge on any atom is -0.374 e. The lowest BCUT2D eigenvalue weighted by molar-refractivity contribution is -0.115. The zero-order valence-corrected chi connectivity index (χ0v) is 16.1. The van der Waals surface area contributed by atoms with Crippen molar-refractivity contribution in [3.63, 3.8) is 0 Å². The van der Waals surface area contributed by atoms with E-state index in [4.69, 9.17) is 11.6 Å². The van der Waals surface area contributed by atoms with Crippen LogP contribution in [-0.4, -0.2) is 33.7 Å². The van der Waals surface area contributed by atoms with Gasteiger partial charge in [0.05, 0.1) is 10.6 Å². The van der Waals surface area contributed by atoms with Crippen molar-refractivity contribution in [2.75, 3.05) is 29.6 Å². The molecule has 2 aromatic rings.